The van der Waals surface area contributed by atoms with E-state index < -0.39 is 48.4 Å². The fourth-order valence-electron chi connectivity index (χ4n) is 1.90. The average molecular weight is 537 g/mol. The number of esters is 1. The van der Waals surface area contributed by atoms with Gasteiger partial charge in [0.2, 0.25) is 11.8 Å². The van der Waals surface area contributed by atoms with Crippen LogP contribution in [0.5, 0.6) is 0 Å². The van der Waals surface area contributed by atoms with Crippen molar-refractivity contribution < 1.29 is 43.8 Å². The van der Waals surface area contributed by atoms with Crippen molar-refractivity contribution >= 4 is 72.0 Å². The molecule has 16 heteroatoms. The number of thioether (sulfide) groups is 1. The van der Waals surface area contributed by atoms with Gasteiger partial charge in [0.1, 0.15) is 25.2 Å². The van der Waals surface area contributed by atoms with Gasteiger partial charge in [-0.15, -0.1) is 24.8 Å². The SMILES string of the molecule is CCO/N=C(/CSCC(NC(=O)CCC(N)C(=O)O)C(=O)NCC(=O)O)C(=O)OCC.Cl.Cl. The number of oxime groups is 1. The Kier molecular flexibility index (Phi) is 21.7. The molecule has 0 radical (unpaired) electrons. The molecule has 192 valence electrons. The summed E-state index contributed by atoms with van der Waals surface area (Å²) in [7, 11) is 0. The number of carboxylic acids is 2. The summed E-state index contributed by atoms with van der Waals surface area (Å²) >= 11 is 1.05. The molecular formula is C17H30Cl2N4O9S. The van der Waals surface area contributed by atoms with Gasteiger partial charge in [-0.2, -0.15) is 11.8 Å². The Morgan fingerprint density at radius 1 is 1.09 bits per heavy atom. The van der Waals surface area contributed by atoms with Crippen LogP contribution >= 0.6 is 36.6 Å². The van der Waals surface area contributed by atoms with Gasteiger partial charge in [-0.25, -0.2) is 4.79 Å². The van der Waals surface area contributed by atoms with Crippen LogP contribution in [-0.4, -0.2) is 89.0 Å². The number of carboxylic acid groups (broad SMARTS) is 2. The number of nitrogens with one attached hydrogen (secondary N) is 2. The minimum absolute atomic E-state index is 0. The smallest absolute Gasteiger partial charge is 0.356 e. The minimum atomic E-state index is -1.27. The molecule has 0 aromatic heterocycles. The number of nitrogens with zero attached hydrogens (tertiary/aromatic N) is 1. The summed E-state index contributed by atoms with van der Waals surface area (Å²) in [4.78, 5) is 62.5. The quantitative estimate of drug-likeness (QED) is 0.0954. The van der Waals surface area contributed by atoms with E-state index in [-0.39, 0.29) is 68.1 Å². The second kappa shape index (κ2) is 20.3. The topological polar surface area (TPSA) is 207 Å². The van der Waals surface area contributed by atoms with Gasteiger partial charge in [0, 0.05) is 17.9 Å². The van der Waals surface area contributed by atoms with Gasteiger partial charge in [0.05, 0.1) is 6.61 Å². The van der Waals surface area contributed by atoms with Crippen molar-refractivity contribution in [3.05, 3.63) is 0 Å². The zero-order chi connectivity index (χ0) is 23.8. The van der Waals surface area contributed by atoms with Gasteiger partial charge in [0.25, 0.3) is 0 Å². The number of hydrogen-bond acceptors (Lipinski definition) is 10. The highest BCUT2D eigenvalue weighted by atomic mass is 35.5. The molecule has 0 aliphatic rings. The molecule has 0 aliphatic carbocycles. The van der Waals surface area contributed by atoms with Crippen LogP contribution in [0, 0.1) is 0 Å². The molecule has 0 fully saturated rings. The van der Waals surface area contributed by atoms with Crippen LogP contribution in [-0.2, 0) is 33.5 Å². The number of ether oxygens (including phenoxy) is 1. The van der Waals surface area contributed by atoms with E-state index in [4.69, 9.17) is 25.5 Å². The summed E-state index contributed by atoms with van der Waals surface area (Å²) < 4.78 is 4.87. The maximum absolute atomic E-state index is 12.2. The number of nitrogens with two attached hydrogens (primary N) is 1. The minimum Gasteiger partial charge on any atom is -0.480 e. The number of hydrogen-bond donors (Lipinski definition) is 5. The van der Waals surface area contributed by atoms with Crippen LogP contribution in [0.3, 0.4) is 0 Å². The third-order valence-electron chi connectivity index (χ3n) is 3.40. The van der Waals surface area contributed by atoms with Crippen molar-refractivity contribution in [1.82, 2.24) is 10.6 Å². The zero-order valence-corrected chi connectivity index (χ0v) is 20.6. The van der Waals surface area contributed by atoms with Gasteiger partial charge in [0.15, 0.2) is 5.71 Å². The molecule has 0 heterocycles. The fraction of sp³-hybridized carbons (Fsp3) is 0.647. The van der Waals surface area contributed by atoms with Crippen molar-refractivity contribution in [3.8, 4) is 0 Å². The Hall–Kier alpha value is -2.29. The van der Waals surface area contributed by atoms with Gasteiger partial charge < -0.3 is 36.2 Å². The van der Waals surface area contributed by atoms with Crippen molar-refractivity contribution in [2.45, 2.75) is 38.8 Å². The predicted octanol–water partition coefficient (Wildman–Crippen LogP) is -0.603. The van der Waals surface area contributed by atoms with Gasteiger partial charge in [-0.1, -0.05) is 5.16 Å². The zero-order valence-electron chi connectivity index (χ0n) is 18.1. The van der Waals surface area contributed by atoms with Crippen LogP contribution < -0.4 is 16.4 Å². The van der Waals surface area contributed by atoms with Crippen molar-refractivity contribution in [1.29, 1.82) is 0 Å². The van der Waals surface area contributed by atoms with Gasteiger partial charge in [-0.3, -0.25) is 19.2 Å². The van der Waals surface area contributed by atoms with Crippen molar-refractivity contribution in [2.75, 3.05) is 31.3 Å². The number of rotatable bonds is 16. The first-order valence-electron chi connectivity index (χ1n) is 9.33. The number of amides is 2. The van der Waals surface area contributed by atoms with Gasteiger partial charge >= 0.3 is 17.9 Å². The number of carbonyl (C=O) groups excluding carboxylic acids is 3. The maximum atomic E-state index is 12.2. The van der Waals surface area contributed by atoms with E-state index in [2.05, 4.69) is 15.8 Å². The Bertz CT molecular complexity index is 683. The van der Waals surface area contributed by atoms with Crippen LogP contribution in [0.2, 0.25) is 0 Å². The third kappa shape index (κ3) is 16.9. The van der Waals surface area contributed by atoms with Gasteiger partial charge in [-0.05, 0) is 20.3 Å². The van der Waals surface area contributed by atoms with E-state index in [9.17, 15) is 24.0 Å². The van der Waals surface area contributed by atoms with E-state index in [1.807, 2.05) is 0 Å². The van der Waals surface area contributed by atoms with Crippen molar-refractivity contribution in [3.63, 3.8) is 0 Å². The summed E-state index contributed by atoms with van der Waals surface area (Å²) in [5, 5.41) is 25.7. The standard InChI is InChI=1S/C17H28N4O9S.2ClH/c1-3-29-17(28)12(21-30-4-2)9-31-8-11(15(25)19-7-14(23)24)20-13(22)6-5-10(18)16(26)27;;/h10-11H,3-9,18H2,1-2H3,(H,19,25)(H,20,22)(H,23,24)(H,26,27);2*1H/b21-12-;;. The largest absolute Gasteiger partial charge is 0.480 e. The second-order valence-electron chi connectivity index (χ2n) is 5.91. The Labute approximate surface area is 207 Å². The molecule has 0 bridgehead atoms. The summed E-state index contributed by atoms with van der Waals surface area (Å²) in [6.45, 7) is 3.00. The second-order valence-corrected chi connectivity index (χ2v) is 6.94. The first kappa shape index (κ1) is 35.3. The van der Waals surface area contributed by atoms with E-state index >= 15 is 0 Å². The molecule has 0 aromatic rings. The summed E-state index contributed by atoms with van der Waals surface area (Å²) in [6, 6.07) is -2.38. The molecule has 33 heavy (non-hydrogen) atoms. The molecule has 2 unspecified atom stereocenters. The molecule has 0 saturated heterocycles. The maximum Gasteiger partial charge on any atom is 0.356 e. The Balaban J connectivity index is -0.00000450. The van der Waals surface area contributed by atoms with E-state index in [1.54, 1.807) is 13.8 Å². The molecule has 2 amide bonds. The molecule has 0 aliphatic heterocycles. The summed E-state index contributed by atoms with van der Waals surface area (Å²) in [5.41, 5.74) is 5.32. The normalized spacial score (nSPS) is 12.2. The van der Waals surface area contributed by atoms with Crippen LogP contribution in [0.15, 0.2) is 5.16 Å². The summed E-state index contributed by atoms with van der Waals surface area (Å²) in [5.74, 6) is -4.66. The Morgan fingerprint density at radius 3 is 2.24 bits per heavy atom. The molecule has 13 nitrogen and oxygen atoms in total. The molecule has 0 spiro atoms. The highest BCUT2D eigenvalue weighted by molar-refractivity contribution is 8.00. The molecule has 6 N–H and O–H groups in total. The number of carbonyl (C=O) groups is 5. The molecule has 0 rings (SSSR count). The lowest BCUT2D eigenvalue weighted by atomic mass is 10.1. The molecule has 2 atom stereocenters. The molecular weight excluding hydrogens is 507 g/mol. The third-order valence-corrected chi connectivity index (χ3v) is 4.45. The number of aliphatic carboxylic acids is 2. The van der Waals surface area contributed by atoms with Crippen molar-refractivity contribution in [2.24, 2.45) is 10.9 Å². The predicted molar refractivity (Wildman–Crippen MR) is 125 cm³/mol. The van der Waals surface area contributed by atoms with E-state index in [0.717, 1.165) is 11.8 Å². The lowest BCUT2D eigenvalue weighted by Crippen LogP contribution is -2.49. The number of halogens is 2. The van der Waals surface area contributed by atoms with Crippen LogP contribution in [0.25, 0.3) is 0 Å². The lowest BCUT2D eigenvalue weighted by molar-refractivity contribution is -0.139. The summed E-state index contributed by atoms with van der Waals surface area (Å²) in [6.07, 6.45) is -0.396. The highest BCUT2D eigenvalue weighted by Gasteiger charge is 2.23. The Morgan fingerprint density at radius 2 is 1.73 bits per heavy atom. The lowest BCUT2D eigenvalue weighted by Gasteiger charge is -2.18. The molecule has 0 saturated carbocycles. The van der Waals surface area contributed by atoms with E-state index in [0.29, 0.717) is 0 Å². The van der Waals surface area contributed by atoms with E-state index in [1.165, 1.54) is 0 Å². The highest BCUT2D eigenvalue weighted by Crippen LogP contribution is 2.07. The first-order chi connectivity index (χ1) is 14.6. The average Bonchev–Trinajstić information content (AvgIpc) is 2.71. The van der Waals surface area contributed by atoms with Crippen LogP contribution in [0.1, 0.15) is 26.7 Å². The molecule has 0 aromatic carbocycles. The fourth-order valence-corrected chi connectivity index (χ4v) is 2.85. The monoisotopic (exact) mass is 536 g/mol. The van der Waals surface area contributed by atoms with Crippen LogP contribution in [0.4, 0.5) is 0 Å². The first-order valence-corrected chi connectivity index (χ1v) is 10.5.